The summed E-state index contributed by atoms with van der Waals surface area (Å²) in [6, 6.07) is 5.49. The quantitative estimate of drug-likeness (QED) is 0.768. The largest absolute Gasteiger partial charge is 0.482 e. The summed E-state index contributed by atoms with van der Waals surface area (Å²) in [6.45, 7) is 0.624. The number of amides is 3. The van der Waals surface area contributed by atoms with E-state index >= 15 is 0 Å². The Bertz CT molecular complexity index is 529. The van der Waals surface area contributed by atoms with Crippen LogP contribution in [0.1, 0.15) is 11.6 Å². The molecule has 0 bridgehead atoms. The number of hydrogen-bond acceptors (Lipinski definition) is 3. The zero-order chi connectivity index (χ0) is 12.7. The van der Waals surface area contributed by atoms with E-state index in [-0.39, 0.29) is 24.6 Å². The van der Waals surface area contributed by atoms with Crippen molar-refractivity contribution in [3.63, 3.8) is 0 Å². The van der Waals surface area contributed by atoms with Gasteiger partial charge in [0.05, 0.1) is 11.7 Å². The molecule has 6 nitrogen and oxygen atoms in total. The van der Waals surface area contributed by atoms with Crippen LogP contribution in [0, 0.1) is 0 Å². The number of anilines is 1. The highest BCUT2D eigenvalue weighted by Crippen LogP contribution is 2.32. The van der Waals surface area contributed by atoms with Gasteiger partial charge in [0.25, 0.3) is 5.91 Å². The van der Waals surface area contributed by atoms with Gasteiger partial charge in [0.15, 0.2) is 6.61 Å². The molecule has 2 aliphatic rings. The molecular weight excluding hydrogens is 234 g/mol. The summed E-state index contributed by atoms with van der Waals surface area (Å²) in [5.41, 5.74) is 1.64. The van der Waals surface area contributed by atoms with E-state index in [4.69, 9.17) is 4.74 Å². The number of rotatable bonds is 1. The van der Waals surface area contributed by atoms with Gasteiger partial charge in [-0.05, 0) is 17.7 Å². The third-order valence-corrected chi connectivity index (χ3v) is 3.26. The van der Waals surface area contributed by atoms with E-state index in [2.05, 4.69) is 10.6 Å². The van der Waals surface area contributed by atoms with Crippen LogP contribution in [-0.2, 0) is 4.79 Å². The van der Waals surface area contributed by atoms with Crippen LogP contribution in [0.2, 0.25) is 0 Å². The number of ether oxygens (including phenoxy) is 1. The Labute approximate surface area is 104 Å². The standard InChI is InChI=1S/C12H13N3O3/c1-15-9(5-13-12(15)17)7-2-3-10-8(4-7)14-11(16)6-18-10/h2-4,9H,5-6H2,1H3,(H,13,17)(H,14,16). The van der Waals surface area contributed by atoms with Gasteiger partial charge in [-0.15, -0.1) is 0 Å². The molecule has 6 heteroatoms. The monoisotopic (exact) mass is 247 g/mol. The van der Waals surface area contributed by atoms with Gasteiger partial charge in [0.1, 0.15) is 5.75 Å². The molecule has 2 aliphatic heterocycles. The van der Waals surface area contributed by atoms with Crippen molar-refractivity contribution in [2.45, 2.75) is 6.04 Å². The summed E-state index contributed by atoms with van der Waals surface area (Å²) in [5.74, 6) is 0.506. The van der Waals surface area contributed by atoms with Crippen molar-refractivity contribution < 1.29 is 14.3 Å². The van der Waals surface area contributed by atoms with Crippen molar-refractivity contribution in [3.05, 3.63) is 23.8 Å². The summed E-state index contributed by atoms with van der Waals surface area (Å²) >= 11 is 0. The van der Waals surface area contributed by atoms with Crippen LogP contribution in [0.15, 0.2) is 18.2 Å². The summed E-state index contributed by atoms with van der Waals surface area (Å²) in [6.07, 6.45) is 0. The minimum absolute atomic E-state index is 0.0124. The molecule has 0 spiro atoms. The van der Waals surface area contributed by atoms with Crippen LogP contribution in [0.4, 0.5) is 10.5 Å². The van der Waals surface area contributed by atoms with Gasteiger partial charge in [-0.2, -0.15) is 0 Å². The second-order valence-electron chi connectivity index (χ2n) is 4.41. The maximum atomic E-state index is 11.4. The van der Waals surface area contributed by atoms with Crippen molar-refractivity contribution in [1.82, 2.24) is 10.2 Å². The lowest BCUT2D eigenvalue weighted by Gasteiger charge is -2.22. The third kappa shape index (κ3) is 1.66. The molecule has 1 fully saturated rings. The molecular formula is C12H13N3O3. The number of nitrogens with one attached hydrogen (secondary N) is 2. The molecule has 3 amide bonds. The van der Waals surface area contributed by atoms with Gasteiger partial charge in [0.2, 0.25) is 0 Å². The van der Waals surface area contributed by atoms with E-state index in [1.54, 1.807) is 11.9 Å². The number of hydrogen-bond donors (Lipinski definition) is 2. The number of nitrogens with zero attached hydrogens (tertiary/aromatic N) is 1. The molecule has 2 heterocycles. The Morgan fingerprint density at radius 2 is 2.22 bits per heavy atom. The summed E-state index contributed by atoms with van der Waals surface area (Å²) in [4.78, 5) is 24.3. The zero-order valence-corrected chi connectivity index (χ0v) is 9.90. The van der Waals surface area contributed by atoms with Gasteiger partial charge in [-0.3, -0.25) is 4.79 Å². The fraction of sp³-hybridized carbons (Fsp3) is 0.333. The molecule has 1 unspecified atom stereocenters. The fourth-order valence-corrected chi connectivity index (χ4v) is 2.24. The molecule has 2 N–H and O–H groups in total. The van der Waals surface area contributed by atoms with Crippen LogP contribution in [0.5, 0.6) is 5.75 Å². The lowest BCUT2D eigenvalue weighted by Crippen LogP contribution is -2.27. The first-order valence-corrected chi connectivity index (χ1v) is 5.72. The normalized spacial score (nSPS) is 22.1. The number of carbonyl (C=O) groups is 2. The average Bonchev–Trinajstić information content (AvgIpc) is 2.69. The van der Waals surface area contributed by atoms with E-state index in [0.29, 0.717) is 18.0 Å². The molecule has 1 atom stereocenters. The molecule has 94 valence electrons. The molecule has 18 heavy (non-hydrogen) atoms. The highest BCUT2D eigenvalue weighted by molar-refractivity contribution is 5.95. The highest BCUT2D eigenvalue weighted by atomic mass is 16.5. The lowest BCUT2D eigenvalue weighted by atomic mass is 10.1. The molecule has 1 saturated heterocycles. The number of benzene rings is 1. The molecule has 3 rings (SSSR count). The van der Waals surface area contributed by atoms with Gasteiger partial charge in [-0.1, -0.05) is 6.07 Å². The number of urea groups is 1. The Balaban J connectivity index is 1.92. The van der Waals surface area contributed by atoms with Crippen molar-refractivity contribution >= 4 is 17.6 Å². The van der Waals surface area contributed by atoms with E-state index < -0.39 is 0 Å². The van der Waals surface area contributed by atoms with Crippen LogP contribution in [0.3, 0.4) is 0 Å². The second kappa shape index (κ2) is 3.90. The van der Waals surface area contributed by atoms with E-state index in [1.165, 1.54) is 0 Å². The van der Waals surface area contributed by atoms with E-state index in [9.17, 15) is 9.59 Å². The minimum atomic E-state index is -0.159. The summed E-state index contributed by atoms with van der Waals surface area (Å²) in [5, 5.41) is 5.54. The smallest absolute Gasteiger partial charge is 0.317 e. The minimum Gasteiger partial charge on any atom is -0.482 e. The van der Waals surface area contributed by atoms with Crippen molar-refractivity contribution in [3.8, 4) is 5.75 Å². The SMILES string of the molecule is CN1C(=O)NCC1c1ccc2c(c1)NC(=O)CO2. The Kier molecular flexibility index (Phi) is 2.36. The van der Waals surface area contributed by atoms with Crippen molar-refractivity contribution in [2.24, 2.45) is 0 Å². The lowest BCUT2D eigenvalue weighted by molar-refractivity contribution is -0.118. The van der Waals surface area contributed by atoms with Crippen LogP contribution >= 0.6 is 0 Å². The van der Waals surface area contributed by atoms with Gasteiger partial charge >= 0.3 is 6.03 Å². The third-order valence-electron chi connectivity index (χ3n) is 3.26. The number of likely N-dealkylation sites (N-methyl/N-ethyl adjacent to an activating group) is 1. The van der Waals surface area contributed by atoms with Gasteiger partial charge in [0, 0.05) is 13.6 Å². The Hall–Kier alpha value is -2.24. The second-order valence-corrected chi connectivity index (χ2v) is 4.41. The van der Waals surface area contributed by atoms with Crippen molar-refractivity contribution in [2.75, 3.05) is 25.5 Å². The first-order valence-electron chi connectivity index (χ1n) is 5.72. The number of carbonyl (C=O) groups excluding carboxylic acids is 2. The van der Waals surface area contributed by atoms with E-state index in [0.717, 1.165) is 5.56 Å². The Morgan fingerprint density at radius 1 is 1.39 bits per heavy atom. The molecule has 0 radical (unpaired) electrons. The van der Waals surface area contributed by atoms with Gasteiger partial charge in [-0.25, -0.2) is 4.79 Å². The predicted octanol–water partition coefficient (Wildman–Crippen LogP) is 0.714. The first-order chi connectivity index (χ1) is 8.65. The van der Waals surface area contributed by atoms with Crippen molar-refractivity contribution in [1.29, 1.82) is 0 Å². The first kappa shape index (κ1) is 10.9. The van der Waals surface area contributed by atoms with E-state index in [1.807, 2.05) is 18.2 Å². The maximum Gasteiger partial charge on any atom is 0.317 e. The summed E-state index contributed by atoms with van der Waals surface area (Å²) < 4.78 is 5.29. The molecule has 1 aromatic rings. The topological polar surface area (TPSA) is 70.7 Å². The number of fused-ring (bicyclic) bond motifs is 1. The molecule has 0 aromatic heterocycles. The molecule has 1 aromatic carbocycles. The summed E-state index contributed by atoms with van der Waals surface area (Å²) in [7, 11) is 1.75. The average molecular weight is 247 g/mol. The van der Waals surface area contributed by atoms with Crippen LogP contribution in [0.25, 0.3) is 0 Å². The van der Waals surface area contributed by atoms with Crippen LogP contribution < -0.4 is 15.4 Å². The molecule has 0 saturated carbocycles. The molecule has 0 aliphatic carbocycles. The highest BCUT2D eigenvalue weighted by Gasteiger charge is 2.29. The van der Waals surface area contributed by atoms with Crippen LogP contribution in [-0.4, -0.2) is 37.0 Å². The predicted molar refractivity (Wildman–Crippen MR) is 64.5 cm³/mol. The Morgan fingerprint density at radius 3 is 2.94 bits per heavy atom. The fourth-order valence-electron chi connectivity index (χ4n) is 2.24. The van der Waals surface area contributed by atoms with Gasteiger partial charge < -0.3 is 20.3 Å². The maximum absolute atomic E-state index is 11.4. The zero-order valence-electron chi connectivity index (χ0n) is 9.90.